The number of hydrogen-bond donors (Lipinski definition) is 9. The van der Waals surface area contributed by atoms with E-state index in [0.29, 0.717) is 12.0 Å². The number of esters is 1. The van der Waals surface area contributed by atoms with Crippen LogP contribution in [0.3, 0.4) is 0 Å². The SMILES string of the molecule is CC1CC(CO[C@H]2OC(CO)[C@@H](O)C(n3cc(-c4cccc(F)c4)nn3)C2O)C[C@@H](O[C@@H]2OC(CO)[C@H](O)C(O[C@@H](CC3CCCCC3)C(=O)O)C2OC(=O)c2ccccc2)C1O[C@@H]1OC(C)[C@@H](O)C(O)C1O. The number of nitrogens with zero attached hydrogens (tertiary/aromatic N) is 3. The van der Waals surface area contributed by atoms with E-state index in [1.54, 1.807) is 31.2 Å². The van der Waals surface area contributed by atoms with Crippen LogP contribution in [0, 0.1) is 23.6 Å². The standard InChI is InChI=1S/C50H68FN3O19/c1-24-16-27(23-66-48-40(60)36(38(58)34(21-55)70-48)54-20-31(52-53-54)29-14-9-15-30(51)19-29)18-32(43(24)73-49-42(62)41(61)37(57)25(2)67-49)69-50-45(72-47(65)28-12-7-4-8-13-28)44(39(59)35(22-56)71-50)68-33(46(63)64)17-26-10-5-3-6-11-26/h4,7-9,12-15,19-20,24-27,32-45,48-50,55-62H,3,5-6,10-11,16-18,21-23H2,1-2H3,(H,63,64)/t24?,25?,27?,32-,33+,34?,35?,36?,37-,38-,39+,40?,41?,42?,43?,44?,45?,48+,49+,50-/m1/s1. The van der Waals surface area contributed by atoms with Crippen molar-refractivity contribution in [2.75, 3.05) is 19.8 Å². The molecule has 0 spiro atoms. The minimum Gasteiger partial charge on any atom is -0.479 e. The predicted octanol–water partition coefficient (Wildman–Crippen LogP) is 0.837. The lowest BCUT2D eigenvalue weighted by Crippen LogP contribution is -2.64. The monoisotopic (exact) mass is 1030 g/mol. The van der Waals surface area contributed by atoms with E-state index in [2.05, 4.69) is 10.3 Å². The Morgan fingerprint density at radius 1 is 0.753 bits per heavy atom. The van der Waals surface area contributed by atoms with Gasteiger partial charge in [0.05, 0.1) is 49.9 Å². The van der Waals surface area contributed by atoms with E-state index in [1.165, 1.54) is 48.1 Å². The largest absolute Gasteiger partial charge is 0.479 e. The van der Waals surface area contributed by atoms with Crippen LogP contribution in [0.2, 0.25) is 0 Å². The topological polar surface area (TPSA) is 321 Å². The molecule has 3 aromatic rings. The predicted molar refractivity (Wildman–Crippen MR) is 247 cm³/mol. The maximum absolute atomic E-state index is 14.1. The summed E-state index contributed by atoms with van der Waals surface area (Å²) in [5, 5.41) is 107. The summed E-state index contributed by atoms with van der Waals surface area (Å²) in [4.78, 5) is 26.8. The molecule has 9 N–H and O–H groups in total. The van der Waals surface area contributed by atoms with Crippen LogP contribution in [0.1, 0.15) is 81.6 Å². The zero-order valence-electron chi connectivity index (χ0n) is 40.5. The number of rotatable bonds is 18. The Hall–Kier alpha value is -4.15. The van der Waals surface area contributed by atoms with Gasteiger partial charge in [-0.3, -0.25) is 0 Å². The number of benzene rings is 2. The van der Waals surface area contributed by atoms with Crippen molar-refractivity contribution in [3.63, 3.8) is 0 Å². The lowest BCUT2D eigenvalue weighted by Gasteiger charge is -2.48. The van der Waals surface area contributed by atoms with Gasteiger partial charge in [0.2, 0.25) is 0 Å². The van der Waals surface area contributed by atoms with Gasteiger partial charge < -0.3 is 83.9 Å². The van der Waals surface area contributed by atoms with Gasteiger partial charge in [0, 0.05) is 5.56 Å². The van der Waals surface area contributed by atoms with E-state index in [1.807, 2.05) is 0 Å². The highest BCUT2D eigenvalue weighted by Gasteiger charge is 2.54. The van der Waals surface area contributed by atoms with Gasteiger partial charge in [0.1, 0.15) is 72.5 Å². The summed E-state index contributed by atoms with van der Waals surface area (Å²) in [6, 6.07) is 12.2. The third kappa shape index (κ3) is 12.8. The van der Waals surface area contributed by atoms with Crippen LogP contribution in [0.15, 0.2) is 60.8 Å². The highest BCUT2D eigenvalue weighted by Crippen LogP contribution is 2.41. The molecule has 1 aromatic heterocycles. The summed E-state index contributed by atoms with van der Waals surface area (Å²) < 4.78 is 65.0. The molecule has 20 atom stereocenters. The third-order valence-electron chi connectivity index (χ3n) is 14.8. The van der Waals surface area contributed by atoms with Gasteiger partial charge in [-0.15, -0.1) is 5.10 Å². The summed E-state index contributed by atoms with van der Waals surface area (Å²) in [7, 11) is 0. The second-order valence-corrected chi connectivity index (χ2v) is 20.0. The van der Waals surface area contributed by atoms with Gasteiger partial charge in [-0.05, 0) is 68.2 Å². The molecule has 12 unspecified atom stereocenters. The second-order valence-electron chi connectivity index (χ2n) is 20.0. The summed E-state index contributed by atoms with van der Waals surface area (Å²) >= 11 is 0. The molecule has 8 rings (SSSR count). The lowest BCUT2D eigenvalue weighted by atomic mass is 9.78. The Morgan fingerprint density at radius 2 is 1.47 bits per heavy atom. The number of carbonyl (C=O) groups is 2. The van der Waals surface area contributed by atoms with E-state index in [-0.39, 0.29) is 36.6 Å². The number of halogens is 1. The smallest absolute Gasteiger partial charge is 0.338 e. The molecule has 73 heavy (non-hydrogen) atoms. The van der Waals surface area contributed by atoms with E-state index < -0.39 is 153 Å². The molecule has 0 radical (unpaired) electrons. The van der Waals surface area contributed by atoms with Crippen LogP contribution < -0.4 is 0 Å². The number of ether oxygens (including phenoxy) is 8. The molecule has 2 aromatic carbocycles. The summed E-state index contributed by atoms with van der Waals surface area (Å²) in [5.41, 5.74) is 0.725. The van der Waals surface area contributed by atoms with Crippen molar-refractivity contribution in [3.05, 3.63) is 72.2 Å². The molecule has 2 aliphatic carbocycles. The molecule has 0 amide bonds. The number of aliphatic carboxylic acids is 1. The first-order valence-electron chi connectivity index (χ1n) is 25.1. The minimum absolute atomic E-state index is 0.00567. The molecular formula is C50H68FN3O19. The normalized spacial score (nSPS) is 37.9. The van der Waals surface area contributed by atoms with Crippen molar-refractivity contribution >= 4 is 11.9 Å². The van der Waals surface area contributed by atoms with Crippen molar-refractivity contribution in [1.29, 1.82) is 0 Å². The van der Waals surface area contributed by atoms with Gasteiger partial charge in [-0.1, -0.05) is 74.6 Å². The molecule has 5 fully saturated rings. The van der Waals surface area contributed by atoms with Crippen LogP contribution in [0.5, 0.6) is 0 Å². The molecule has 5 aliphatic rings. The Bertz CT molecular complexity index is 2240. The van der Waals surface area contributed by atoms with Gasteiger partial charge in [0.15, 0.2) is 31.1 Å². The number of hydrogen-bond acceptors (Lipinski definition) is 20. The maximum Gasteiger partial charge on any atom is 0.338 e. The van der Waals surface area contributed by atoms with E-state index in [0.717, 1.165) is 32.1 Å². The van der Waals surface area contributed by atoms with Crippen LogP contribution in [-0.2, 0) is 42.7 Å². The first kappa shape index (κ1) is 55.1. The van der Waals surface area contributed by atoms with Crippen LogP contribution in [0.25, 0.3) is 11.3 Å². The van der Waals surface area contributed by atoms with Crippen LogP contribution in [-0.4, -0.2) is 197 Å². The van der Waals surface area contributed by atoms with Crippen molar-refractivity contribution in [1.82, 2.24) is 15.0 Å². The third-order valence-corrected chi connectivity index (χ3v) is 14.8. The molecule has 4 heterocycles. The molecular weight excluding hydrogens is 966 g/mol. The Labute approximate surface area is 420 Å². The molecule has 3 saturated heterocycles. The Morgan fingerprint density at radius 3 is 2.16 bits per heavy atom. The first-order valence-corrected chi connectivity index (χ1v) is 25.1. The molecule has 23 heteroatoms. The number of carbonyl (C=O) groups excluding carboxylic acids is 1. The van der Waals surface area contributed by atoms with Crippen LogP contribution in [0.4, 0.5) is 4.39 Å². The number of carboxylic acids is 1. The fourth-order valence-corrected chi connectivity index (χ4v) is 10.8. The van der Waals surface area contributed by atoms with Crippen molar-refractivity contribution in [3.8, 4) is 11.3 Å². The molecule has 0 bridgehead atoms. The molecule has 3 aliphatic heterocycles. The molecule has 22 nitrogen and oxygen atoms in total. The first-order chi connectivity index (χ1) is 35.0. The fraction of sp³-hybridized carbons (Fsp3) is 0.680. The van der Waals surface area contributed by atoms with Gasteiger partial charge in [-0.2, -0.15) is 0 Å². The average molecular weight is 1030 g/mol. The number of aliphatic hydroxyl groups is 8. The Balaban J connectivity index is 1.07. The summed E-state index contributed by atoms with van der Waals surface area (Å²) in [5.74, 6) is -3.73. The molecule has 404 valence electrons. The zero-order chi connectivity index (χ0) is 52.1. The van der Waals surface area contributed by atoms with Crippen molar-refractivity contribution < 1.29 is 97.8 Å². The highest BCUT2D eigenvalue weighted by molar-refractivity contribution is 5.89. The lowest BCUT2D eigenvalue weighted by molar-refractivity contribution is -0.350. The number of carboxylic acid groups (broad SMARTS) is 1. The van der Waals surface area contributed by atoms with Crippen LogP contribution >= 0.6 is 0 Å². The summed E-state index contributed by atoms with van der Waals surface area (Å²) in [6.07, 6.45) is -18.7. The van der Waals surface area contributed by atoms with Crippen molar-refractivity contribution in [2.45, 2.75) is 176 Å². The van der Waals surface area contributed by atoms with E-state index >= 15 is 0 Å². The number of aliphatic hydroxyl groups excluding tert-OH is 8. The van der Waals surface area contributed by atoms with Crippen molar-refractivity contribution in [2.24, 2.45) is 17.8 Å². The van der Waals surface area contributed by atoms with E-state index in [4.69, 9.17) is 37.9 Å². The van der Waals surface area contributed by atoms with E-state index in [9.17, 15) is 59.9 Å². The maximum atomic E-state index is 14.1. The number of aromatic nitrogens is 3. The second kappa shape index (κ2) is 24.7. The fourth-order valence-electron chi connectivity index (χ4n) is 10.8. The summed E-state index contributed by atoms with van der Waals surface area (Å²) in [6.45, 7) is 1.65. The minimum atomic E-state index is -1.73. The quantitative estimate of drug-likeness (QED) is 0.0797. The van der Waals surface area contributed by atoms with Gasteiger partial charge >= 0.3 is 11.9 Å². The highest BCUT2D eigenvalue weighted by atomic mass is 19.1. The average Bonchev–Trinajstić information content (AvgIpc) is 3.87. The Kier molecular flexibility index (Phi) is 18.6. The van der Waals surface area contributed by atoms with Gasteiger partial charge in [-0.25, -0.2) is 18.7 Å². The zero-order valence-corrected chi connectivity index (χ0v) is 40.5. The molecule has 2 saturated carbocycles. The van der Waals surface area contributed by atoms with Gasteiger partial charge in [0.25, 0.3) is 0 Å².